The van der Waals surface area contributed by atoms with Crippen molar-refractivity contribution in [2.24, 2.45) is 5.92 Å². The summed E-state index contributed by atoms with van der Waals surface area (Å²) in [6, 6.07) is 5.77. The van der Waals surface area contributed by atoms with Gasteiger partial charge in [0.05, 0.1) is 16.9 Å². The zero-order chi connectivity index (χ0) is 15.0. The third-order valence-corrected chi connectivity index (χ3v) is 4.62. The van der Waals surface area contributed by atoms with E-state index in [-0.39, 0.29) is 17.1 Å². The zero-order valence-corrected chi connectivity index (χ0v) is 13.6. The van der Waals surface area contributed by atoms with Crippen molar-refractivity contribution in [2.45, 2.75) is 38.0 Å². The number of carbonyl (C=O) groups excluding carboxylic acids is 1. The Balaban J connectivity index is 2.59. The smallest absolute Gasteiger partial charge is 0.234 e. The number of aromatic nitrogens is 1. The number of nitrogens with zero attached hydrogens (tertiary/aromatic N) is 2. The number of rotatable bonds is 8. The quantitative estimate of drug-likeness (QED) is 0.591. The number of nitrogens with one attached hydrogen (secondary N) is 1. The summed E-state index contributed by atoms with van der Waals surface area (Å²) in [7, 11) is 0. The monoisotopic (exact) mass is 295 g/mol. The highest BCUT2D eigenvalue weighted by atomic mass is 32.2. The maximum Gasteiger partial charge on any atom is 0.234 e. The van der Waals surface area contributed by atoms with Crippen LogP contribution < -0.4 is 5.32 Å². The van der Waals surface area contributed by atoms with Gasteiger partial charge in [-0.15, -0.1) is 0 Å². The van der Waals surface area contributed by atoms with Crippen molar-refractivity contribution < 1.29 is 4.79 Å². The third kappa shape index (κ3) is 5.51. The minimum atomic E-state index is -0.111. The number of hydrogen-bond acceptors (Lipinski definition) is 4. The van der Waals surface area contributed by atoms with E-state index in [9.17, 15) is 4.79 Å². The lowest BCUT2D eigenvalue weighted by molar-refractivity contribution is -0.121. The Morgan fingerprint density at radius 2 is 2.05 bits per heavy atom. The van der Waals surface area contributed by atoms with Gasteiger partial charge in [0, 0.05) is 6.20 Å². The van der Waals surface area contributed by atoms with Gasteiger partial charge in [-0.3, -0.25) is 9.69 Å². The third-order valence-electron chi connectivity index (χ3n) is 3.12. The van der Waals surface area contributed by atoms with Gasteiger partial charge < -0.3 is 5.32 Å². The van der Waals surface area contributed by atoms with E-state index in [2.05, 4.69) is 42.9 Å². The van der Waals surface area contributed by atoms with Gasteiger partial charge in [0.2, 0.25) is 5.91 Å². The first-order chi connectivity index (χ1) is 9.58. The first-order valence-corrected chi connectivity index (χ1v) is 8.04. The van der Waals surface area contributed by atoms with Gasteiger partial charge in [-0.25, -0.2) is 4.98 Å². The molecule has 0 radical (unpaired) electrons. The molecule has 1 N–H and O–H groups in total. The Bertz CT molecular complexity index is 393. The molecule has 0 bridgehead atoms. The Labute approximate surface area is 126 Å². The number of hydrogen-bond donors (Lipinski definition) is 1. The molecule has 1 aromatic rings. The van der Waals surface area contributed by atoms with Crippen molar-refractivity contribution in [3.05, 3.63) is 24.4 Å². The largest absolute Gasteiger partial charge is 0.342 e. The summed E-state index contributed by atoms with van der Waals surface area (Å²) in [6.07, 6.45) is 1.76. The van der Waals surface area contributed by atoms with Crippen LogP contribution in [0.25, 0.3) is 0 Å². The fourth-order valence-corrected chi connectivity index (χ4v) is 2.78. The van der Waals surface area contributed by atoms with Crippen LogP contribution in [0.15, 0.2) is 29.4 Å². The lowest BCUT2D eigenvalue weighted by Crippen LogP contribution is -2.42. The molecule has 1 atom stereocenters. The molecular formula is C15H25N3OS. The van der Waals surface area contributed by atoms with Crippen LogP contribution >= 0.6 is 11.8 Å². The van der Waals surface area contributed by atoms with Gasteiger partial charge in [0.1, 0.15) is 0 Å². The second kappa shape index (κ2) is 8.97. The van der Waals surface area contributed by atoms with E-state index in [1.807, 2.05) is 18.2 Å². The molecule has 0 aliphatic heterocycles. The van der Waals surface area contributed by atoms with Crippen LogP contribution in [0.1, 0.15) is 27.7 Å². The lowest BCUT2D eigenvalue weighted by atomic mass is 10.1. The van der Waals surface area contributed by atoms with E-state index < -0.39 is 0 Å². The van der Waals surface area contributed by atoms with E-state index >= 15 is 0 Å². The van der Waals surface area contributed by atoms with Gasteiger partial charge in [0.15, 0.2) is 0 Å². The fraction of sp³-hybridized carbons (Fsp3) is 0.600. The molecule has 0 aliphatic rings. The fourth-order valence-electron chi connectivity index (χ4n) is 1.78. The number of carbonyl (C=O) groups is 1. The Kier molecular flexibility index (Phi) is 7.62. The topological polar surface area (TPSA) is 45.2 Å². The van der Waals surface area contributed by atoms with E-state index in [0.29, 0.717) is 6.67 Å². The van der Waals surface area contributed by atoms with Gasteiger partial charge >= 0.3 is 0 Å². The van der Waals surface area contributed by atoms with E-state index in [0.717, 1.165) is 18.1 Å². The van der Waals surface area contributed by atoms with Gasteiger partial charge in [-0.1, -0.05) is 45.5 Å². The average molecular weight is 295 g/mol. The van der Waals surface area contributed by atoms with Crippen molar-refractivity contribution in [1.29, 1.82) is 0 Å². The van der Waals surface area contributed by atoms with Crippen molar-refractivity contribution in [3.8, 4) is 0 Å². The standard InChI is InChI=1S/C15H25N3OS/c1-5-18(6-2)11-17-15(19)14(12(3)4)20-13-9-7-8-10-16-13/h7-10,12,14H,5-6,11H2,1-4H3,(H,17,19). The highest BCUT2D eigenvalue weighted by Crippen LogP contribution is 2.26. The summed E-state index contributed by atoms with van der Waals surface area (Å²) >= 11 is 1.53. The summed E-state index contributed by atoms with van der Waals surface area (Å²) in [5, 5.41) is 3.81. The van der Waals surface area contributed by atoms with Crippen LogP contribution in [0.3, 0.4) is 0 Å². The van der Waals surface area contributed by atoms with Crippen molar-refractivity contribution in [2.75, 3.05) is 19.8 Å². The summed E-state index contributed by atoms with van der Waals surface area (Å²) in [5.41, 5.74) is 0. The predicted octanol–water partition coefficient (Wildman–Crippen LogP) is 2.61. The van der Waals surface area contributed by atoms with E-state index in [4.69, 9.17) is 0 Å². The highest BCUT2D eigenvalue weighted by molar-refractivity contribution is 8.00. The summed E-state index contributed by atoms with van der Waals surface area (Å²) in [6.45, 7) is 10.8. The molecule has 1 rings (SSSR count). The predicted molar refractivity (Wildman–Crippen MR) is 84.7 cm³/mol. The normalized spacial score (nSPS) is 12.7. The molecule has 5 heteroatoms. The SMILES string of the molecule is CCN(CC)CNC(=O)C(Sc1ccccn1)C(C)C. The number of pyridine rings is 1. The van der Waals surface area contributed by atoms with Gasteiger partial charge in [-0.05, 0) is 31.1 Å². The molecule has 1 unspecified atom stereocenters. The van der Waals surface area contributed by atoms with Crippen LogP contribution in [-0.4, -0.2) is 40.8 Å². The first-order valence-electron chi connectivity index (χ1n) is 7.16. The first kappa shape index (κ1) is 17.0. The molecule has 1 aromatic heterocycles. The molecular weight excluding hydrogens is 270 g/mol. The molecule has 112 valence electrons. The molecule has 4 nitrogen and oxygen atoms in total. The number of amides is 1. The van der Waals surface area contributed by atoms with Crippen LogP contribution in [0.2, 0.25) is 0 Å². The molecule has 0 saturated heterocycles. The van der Waals surface area contributed by atoms with E-state index in [1.54, 1.807) is 6.20 Å². The maximum atomic E-state index is 12.3. The maximum absolute atomic E-state index is 12.3. The van der Waals surface area contributed by atoms with Crippen molar-refractivity contribution in [3.63, 3.8) is 0 Å². The Hall–Kier alpha value is -1.07. The van der Waals surface area contributed by atoms with Crippen molar-refractivity contribution in [1.82, 2.24) is 15.2 Å². The van der Waals surface area contributed by atoms with Crippen LogP contribution in [0.5, 0.6) is 0 Å². The molecule has 0 fully saturated rings. The Morgan fingerprint density at radius 1 is 1.35 bits per heavy atom. The van der Waals surface area contributed by atoms with Gasteiger partial charge in [0.25, 0.3) is 0 Å². The second-order valence-electron chi connectivity index (χ2n) is 4.95. The van der Waals surface area contributed by atoms with Gasteiger partial charge in [-0.2, -0.15) is 0 Å². The molecule has 0 aromatic carbocycles. The second-order valence-corrected chi connectivity index (χ2v) is 6.11. The summed E-state index contributed by atoms with van der Waals surface area (Å²) in [4.78, 5) is 18.8. The highest BCUT2D eigenvalue weighted by Gasteiger charge is 2.23. The molecule has 1 amide bonds. The number of thioether (sulfide) groups is 1. The Morgan fingerprint density at radius 3 is 2.55 bits per heavy atom. The molecule has 1 heterocycles. The van der Waals surface area contributed by atoms with Crippen LogP contribution in [0, 0.1) is 5.92 Å². The molecule has 0 spiro atoms. The molecule has 0 aliphatic carbocycles. The lowest BCUT2D eigenvalue weighted by Gasteiger charge is -2.23. The van der Waals surface area contributed by atoms with Crippen molar-refractivity contribution >= 4 is 17.7 Å². The summed E-state index contributed by atoms with van der Waals surface area (Å²) < 4.78 is 0. The minimum Gasteiger partial charge on any atom is -0.342 e. The van der Waals surface area contributed by atoms with Crippen LogP contribution in [-0.2, 0) is 4.79 Å². The van der Waals surface area contributed by atoms with E-state index in [1.165, 1.54) is 11.8 Å². The molecule has 20 heavy (non-hydrogen) atoms. The average Bonchev–Trinajstić information content (AvgIpc) is 2.46. The molecule has 0 saturated carbocycles. The zero-order valence-electron chi connectivity index (χ0n) is 12.8. The minimum absolute atomic E-state index is 0.0857. The van der Waals surface area contributed by atoms with Crippen LogP contribution in [0.4, 0.5) is 0 Å². The summed E-state index contributed by atoms with van der Waals surface area (Å²) in [5.74, 6) is 0.348.